The molecule has 0 saturated carbocycles. The second kappa shape index (κ2) is 4.23. The van der Waals surface area contributed by atoms with Crippen molar-refractivity contribution in [1.82, 2.24) is 0 Å². The molecule has 11 heavy (non-hydrogen) atoms. The predicted molar refractivity (Wildman–Crippen MR) is 61.4 cm³/mol. The summed E-state index contributed by atoms with van der Waals surface area (Å²) in [6, 6.07) is 3.39. The normalized spacial score (nSPS) is 10.2. The number of rotatable bonds is 1. The zero-order valence-corrected chi connectivity index (χ0v) is 10.4. The van der Waals surface area contributed by atoms with Crippen molar-refractivity contribution in [2.45, 2.75) is 5.88 Å². The van der Waals surface area contributed by atoms with E-state index in [0.29, 0.717) is 9.45 Å². The number of hydrogen-bond donors (Lipinski definition) is 0. The van der Waals surface area contributed by atoms with Gasteiger partial charge in [0, 0.05) is 9.45 Å². The molecular formula is C7H4ClFI2. The highest BCUT2D eigenvalue weighted by Crippen LogP contribution is 2.21. The smallest absolute Gasteiger partial charge is 0.137 e. The summed E-state index contributed by atoms with van der Waals surface area (Å²) in [5.41, 5.74) is 0.858. The van der Waals surface area contributed by atoms with Crippen molar-refractivity contribution >= 4 is 56.8 Å². The molecule has 4 heteroatoms. The van der Waals surface area contributed by atoms with Crippen LogP contribution >= 0.6 is 56.8 Å². The van der Waals surface area contributed by atoms with Crippen molar-refractivity contribution in [3.63, 3.8) is 0 Å². The molecule has 0 aromatic heterocycles. The lowest BCUT2D eigenvalue weighted by atomic mass is 10.2. The Morgan fingerprint density at radius 3 is 2.55 bits per heavy atom. The quantitative estimate of drug-likeness (QED) is 0.385. The van der Waals surface area contributed by atoms with Gasteiger partial charge in [0.25, 0.3) is 0 Å². The fraction of sp³-hybridized carbons (Fsp3) is 0.143. The van der Waals surface area contributed by atoms with Crippen LogP contribution in [0.4, 0.5) is 4.39 Å². The Hall–Kier alpha value is 0.900. The molecule has 1 aromatic carbocycles. The van der Waals surface area contributed by atoms with Gasteiger partial charge in [-0.15, -0.1) is 11.6 Å². The molecule has 0 nitrogen and oxygen atoms in total. The van der Waals surface area contributed by atoms with Crippen molar-refractivity contribution < 1.29 is 4.39 Å². The molecule has 0 N–H and O–H groups in total. The lowest BCUT2D eigenvalue weighted by molar-refractivity contribution is 0.617. The Bertz CT molecular complexity index is 275. The molecule has 0 amide bonds. The van der Waals surface area contributed by atoms with Gasteiger partial charge in [0.1, 0.15) is 5.82 Å². The van der Waals surface area contributed by atoms with Crippen molar-refractivity contribution in [2.24, 2.45) is 0 Å². The summed E-state index contributed by atoms with van der Waals surface area (Å²) in [6.07, 6.45) is 0. The summed E-state index contributed by atoms with van der Waals surface area (Å²) >= 11 is 9.63. The monoisotopic (exact) mass is 396 g/mol. The van der Waals surface area contributed by atoms with Crippen molar-refractivity contribution in [2.75, 3.05) is 0 Å². The predicted octanol–water partition coefficient (Wildman–Crippen LogP) is 3.77. The average Bonchev–Trinajstić information content (AvgIpc) is 1.96. The lowest BCUT2D eigenvalue weighted by Gasteiger charge is -2.01. The molecule has 0 unspecified atom stereocenters. The van der Waals surface area contributed by atoms with Crippen LogP contribution in [0.2, 0.25) is 0 Å². The number of alkyl halides is 1. The number of halogens is 4. The molecule has 0 aliphatic carbocycles. The SMILES string of the molecule is Fc1cc(I)cc(CCl)c1I. The van der Waals surface area contributed by atoms with E-state index in [1.165, 1.54) is 6.07 Å². The van der Waals surface area contributed by atoms with E-state index in [1.807, 2.05) is 28.7 Å². The minimum Gasteiger partial charge on any atom is -0.206 e. The van der Waals surface area contributed by atoms with Gasteiger partial charge in [-0.2, -0.15) is 0 Å². The largest absolute Gasteiger partial charge is 0.206 e. The molecule has 0 bridgehead atoms. The van der Waals surface area contributed by atoms with Crippen molar-refractivity contribution in [3.05, 3.63) is 30.7 Å². The molecule has 1 rings (SSSR count). The maximum absolute atomic E-state index is 13.0. The van der Waals surface area contributed by atoms with Gasteiger partial charge in [-0.3, -0.25) is 0 Å². The maximum Gasteiger partial charge on any atom is 0.137 e. The highest BCUT2D eigenvalue weighted by atomic mass is 127. The summed E-state index contributed by atoms with van der Waals surface area (Å²) in [4.78, 5) is 0. The van der Waals surface area contributed by atoms with E-state index >= 15 is 0 Å². The molecular weight excluding hydrogens is 392 g/mol. The summed E-state index contributed by atoms with van der Waals surface area (Å²) in [5, 5.41) is 0. The van der Waals surface area contributed by atoms with Crippen LogP contribution in [0, 0.1) is 13.0 Å². The standard InChI is InChI=1S/C7H4ClFI2/c8-3-4-1-5(10)2-6(9)7(4)11/h1-2H,3H2. The van der Waals surface area contributed by atoms with Crippen LogP contribution in [-0.4, -0.2) is 0 Å². The molecule has 1 aromatic rings. The molecule has 0 aliphatic rings. The van der Waals surface area contributed by atoms with Gasteiger partial charge in [0.2, 0.25) is 0 Å². The summed E-state index contributed by atoms with van der Waals surface area (Å²) in [5.74, 6) is 0.180. The van der Waals surface area contributed by atoms with Gasteiger partial charge >= 0.3 is 0 Å². The maximum atomic E-state index is 13.0. The third-order valence-corrected chi connectivity index (χ3v) is 3.33. The van der Waals surface area contributed by atoms with E-state index in [-0.39, 0.29) is 5.82 Å². The summed E-state index contributed by atoms with van der Waals surface area (Å²) in [6.45, 7) is 0. The average molecular weight is 396 g/mol. The first kappa shape index (κ1) is 9.98. The Morgan fingerprint density at radius 2 is 2.00 bits per heavy atom. The molecule has 60 valence electrons. The molecule has 0 fully saturated rings. The minimum absolute atomic E-state index is 0.187. The van der Waals surface area contributed by atoms with Crippen LogP contribution in [0.15, 0.2) is 12.1 Å². The lowest BCUT2D eigenvalue weighted by Crippen LogP contribution is -1.90. The molecule has 0 saturated heterocycles. The summed E-state index contributed by atoms with van der Waals surface area (Å²) < 4.78 is 14.5. The first-order valence-electron chi connectivity index (χ1n) is 2.84. The minimum atomic E-state index is -0.187. The highest BCUT2D eigenvalue weighted by molar-refractivity contribution is 14.1. The van der Waals surface area contributed by atoms with E-state index < -0.39 is 0 Å². The van der Waals surface area contributed by atoms with Gasteiger partial charge in [-0.05, 0) is 62.9 Å². The molecule has 0 radical (unpaired) electrons. The summed E-state index contributed by atoms with van der Waals surface area (Å²) in [7, 11) is 0. The van der Waals surface area contributed by atoms with Gasteiger partial charge in [-0.1, -0.05) is 0 Å². The Kier molecular flexibility index (Phi) is 3.84. The van der Waals surface area contributed by atoms with Crippen molar-refractivity contribution in [1.29, 1.82) is 0 Å². The van der Waals surface area contributed by atoms with Crippen LogP contribution in [0.5, 0.6) is 0 Å². The van der Waals surface area contributed by atoms with Crippen LogP contribution in [0.25, 0.3) is 0 Å². The van der Waals surface area contributed by atoms with Gasteiger partial charge in [0.15, 0.2) is 0 Å². The second-order valence-electron chi connectivity index (χ2n) is 1.99. The first-order chi connectivity index (χ1) is 5.15. The van der Waals surface area contributed by atoms with E-state index in [1.54, 1.807) is 0 Å². The third kappa shape index (κ3) is 2.42. The van der Waals surface area contributed by atoms with Crippen LogP contribution in [0.3, 0.4) is 0 Å². The van der Waals surface area contributed by atoms with Gasteiger partial charge in [0.05, 0.1) is 3.57 Å². The Balaban J connectivity index is 3.24. The molecule has 0 atom stereocenters. The zero-order valence-electron chi connectivity index (χ0n) is 5.37. The van der Waals surface area contributed by atoms with E-state index in [4.69, 9.17) is 11.6 Å². The number of benzene rings is 1. The number of hydrogen-bond acceptors (Lipinski definition) is 0. The zero-order chi connectivity index (χ0) is 8.43. The fourth-order valence-corrected chi connectivity index (χ4v) is 2.29. The van der Waals surface area contributed by atoms with Crippen LogP contribution < -0.4 is 0 Å². The third-order valence-electron chi connectivity index (χ3n) is 1.21. The molecule has 0 spiro atoms. The van der Waals surface area contributed by atoms with Crippen molar-refractivity contribution in [3.8, 4) is 0 Å². The highest BCUT2D eigenvalue weighted by Gasteiger charge is 2.05. The Labute approximate surface area is 96.8 Å². The van der Waals surface area contributed by atoms with Crippen LogP contribution in [0.1, 0.15) is 5.56 Å². The van der Waals surface area contributed by atoms with E-state index in [9.17, 15) is 4.39 Å². The van der Waals surface area contributed by atoms with Crippen LogP contribution in [-0.2, 0) is 5.88 Å². The van der Waals surface area contributed by atoms with E-state index in [2.05, 4.69) is 22.6 Å². The fourth-order valence-electron chi connectivity index (χ4n) is 0.707. The van der Waals surface area contributed by atoms with Gasteiger partial charge in [-0.25, -0.2) is 4.39 Å². The second-order valence-corrected chi connectivity index (χ2v) is 4.59. The van der Waals surface area contributed by atoms with E-state index in [0.717, 1.165) is 9.13 Å². The molecule has 0 aliphatic heterocycles. The Morgan fingerprint density at radius 1 is 1.36 bits per heavy atom. The molecule has 0 heterocycles. The van der Waals surface area contributed by atoms with Gasteiger partial charge < -0.3 is 0 Å². The first-order valence-corrected chi connectivity index (χ1v) is 5.53. The topological polar surface area (TPSA) is 0 Å².